The topological polar surface area (TPSA) is 67.2 Å². The number of anilines is 2. The summed E-state index contributed by atoms with van der Waals surface area (Å²) in [7, 11) is 0. The summed E-state index contributed by atoms with van der Waals surface area (Å²) in [6, 6.07) is 15.5. The van der Waals surface area contributed by atoms with Crippen molar-refractivity contribution in [3.63, 3.8) is 0 Å². The van der Waals surface area contributed by atoms with E-state index in [4.69, 9.17) is 5.73 Å². The van der Waals surface area contributed by atoms with Crippen molar-refractivity contribution in [2.24, 2.45) is 0 Å². The van der Waals surface area contributed by atoms with Crippen LogP contribution < -0.4 is 16.4 Å². The van der Waals surface area contributed by atoms with Crippen LogP contribution in [0.2, 0.25) is 0 Å². The third-order valence-corrected chi connectivity index (χ3v) is 3.61. The minimum absolute atomic E-state index is 0.0283. The van der Waals surface area contributed by atoms with Gasteiger partial charge in [0.15, 0.2) is 0 Å². The van der Waals surface area contributed by atoms with Gasteiger partial charge in [0.1, 0.15) is 0 Å². The van der Waals surface area contributed by atoms with E-state index in [1.54, 1.807) is 0 Å². The molecule has 22 heavy (non-hydrogen) atoms. The van der Waals surface area contributed by atoms with E-state index in [9.17, 15) is 4.79 Å². The van der Waals surface area contributed by atoms with Crippen LogP contribution in [0.3, 0.4) is 0 Å². The second-order valence-electron chi connectivity index (χ2n) is 5.46. The highest BCUT2D eigenvalue weighted by Crippen LogP contribution is 2.12. The van der Waals surface area contributed by atoms with Crippen LogP contribution in [0.1, 0.15) is 36.2 Å². The van der Waals surface area contributed by atoms with Crippen LogP contribution in [-0.4, -0.2) is 11.9 Å². The molecule has 0 bridgehead atoms. The molecule has 2 rings (SSSR count). The van der Waals surface area contributed by atoms with Gasteiger partial charge in [0, 0.05) is 29.5 Å². The fraction of sp³-hybridized carbons (Fsp3) is 0.278. The standard InChI is InChI=1S/C18H23N3O/c1-3-13(2)21-18(22)15-6-10-17(11-7-15)20-12-14-4-8-16(19)9-5-14/h4-11,13,20H,3,12,19H2,1-2H3,(H,21,22). The Labute approximate surface area is 131 Å². The molecule has 4 N–H and O–H groups in total. The molecule has 0 aliphatic heterocycles. The molecule has 4 heteroatoms. The Morgan fingerprint density at radius 1 is 1.09 bits per heavy atom. The molecule has 2 aromatic rings. The quantitative estimate of drug-likeness (QED) is 0.716. The lowest BCUT2D eigenvalue weighted by atomic mass is 10.1. The molecule has 0 aliphatic carbocycles. The molecule has 0 saturated heterocycles. The van der Waals surface area contributed by atoms with Crippen LogP contribution in [0.15, 0.2) is 48.5 Å². The van der Waals surface area contributed by atoms with Crippen molar-refractivity contribution in [1.82, 2.24) is 5.32 Å². The first-order valence-corrected chi connectivity index (χ1v) is 7.57. The molecular formula is C18H23N3O. The van der Waals surface area contributed by atoms with Crippen LogP contribution in [0.4, 0.5) is 11.4 Å². The zero-order valence-electron chi connectivity index (χ0n) is 13.1. The van der Waals surface area contributed by atoms with E-state index in [0.29, 0.717) is 5.56 Å². The molecule has 0 spiro atoms. The summed E-state index contributed by atoms with van der Waals surface area (Å²) >= 11 is 0. The van der Waals surface area contributed by atoms with Gasteiger partial charge in [0.25, 0.3) is 5.91 Å². The number of nitrogens with one attached hydrogen (secondary N) is 2. The second-order valence-corrected chi connectivity index (χ2v) is 5.46. The lowest BCUT2D eigenvalue weighted by Crippen LogP contribution is -2.31. The van der Waals surface area contributed by atoms with E-state index in [1.807, 2.05) is 55.5 Å². The molecule has 4 nitrogen and oxygen atoms in total. The van der Waals surface area contributed by atoms with Gasteiger partial charge in [-0.1, -0.05) is 19.1 Å². The van der Waals surface area contributed by atoms with Crippen molar-refractivity contribution in [3.05, 3.63) is 59.7 Å². The van der Waals surface area contributed by atoms with Gasteiger partial charge in [-0.05, 0) is 55.3 Å². The van der Waals surface area contributed by atoms with Crippen LogP contribution in [0.25, 0.3) is 0 Å². The Balaban J connectivity index is 1.91. The highest BCUT2D eigenvalue weighted by molar-refractivity contribution is 5.94. The minimum Gasteiger partial charge on any atom is -0.399 e. The normalized spacial score (nSPS) is 11.7. The van der Waals surface area contributed by atoms with E-state index in [2.05, 4.69) is 17.6 Å². The number of amides is 1. The van der Waals surface area contributed by atoms with Crippen molar-refractivity contribution < 1.29 is 4.79 Å². The van der Waals surface area contributed by atoms with E-state index in [0.717, 1.165) is 29.9 Å². The van der Waals surface area contributed by atoms with Crippen LogP contribution >= 0.6 is 0 Å². The molecule has 1 amide bonds. The molecule has 2 aromatic carbocycles. The van der Waals surface area contributed by atoms with Crippen molar-refractivity contribution in [3.8, 4) is 0 Å². The first kappa shape index (κ1) is 15.9. The van der Waals surface area contributed by atoms with E-state index < -0.39 is 0 Å². The first-order valence-electron chi connectivity index (χ1n) is 7.57. The molecule has 1 atom stereocenters. The third-order valence-electron chi connectivity index (χ3n) is 3.61. The first-order chi connectivity index (χ1) is 10.6. The van der Waals surface area contributed by atoms with Crippen molar-refractivity contribution in [2.45, 2.75) is 32.9 Å². The predicted molar refractivity (Wildman–Crippen MR) is 91.8 cm³/mol. The van der Waals surface area contributed by atoms with Crippen LogP contribution in [0.5, 0.6) is 0 Å². The molecule has 0 aromatic heterocycles. The van der Waals surface area contributed by atoms with Crippen molar-refractivity contribution in [1.29, 1.82) is 0 Å². The number of hydrogen-bond acceptors (Lipinski definition) is 3. The molecule has 116 valence electrons. The van der Waals surface area contributed by atoms with E-state index >= 15 is 0 Å². The number of hydrogen-bond donors (Lipinski definition) is 3. The predicted octanol–water partition coefficient (Wildman–Crippen LogP) is 3.41. The summed E-state index contributed by atoms with van der Waals surface area (Å²) in [5, 5.41) is 6.28. The van der Waals surface area contributed by atoms with Gasteiger partial charge in [0.2, 0.25) is 0 Å². The molecular weight excluding hydrogens is 274 g/mol. The Morgan fingerprint density at radius 3 is 2.32 bits per heavy atom. The summed E-state index contributed by atoms with van der Waals surface area (Å²) < 4.78 is 0. The van der Waals surface area contributed by atoms with Gasteiger partial charge in [-0.3, -0.25) is 4.79 Å². The van der Waals surface area contributed by atoms with Gasteiger partial charge < -0.3 is 16.4 Å². The number of nitrogen functional groups attached to an aromatic ring is 1. The minimum atomic E-state index is -0.0283. The smallest absolute Gasteiger partial charge is 0.251 e. The van der Waals surface area contributed by atoms with Gasteiger partial charge in [-0.2, -0.15) is 0 Å². The fourth-order valence-corrected chi connectivity index (χ4v) is 1.99. The monoisotopic (exact) mass is 297 g/mol. The van der Waals surface area contributed by atoms with E-state index in [1.165, 1.54) is 0 Å². The Kier molecular flexibility index (Phi) is 5.42. The van der Waals surface area contributed by atoms with Gasteiger partial charge in [0.05, 0.1) is 0 Å². The zero-order chi connectivity index (χ0) is 15.9. The third kappa shape index (κ3) is 4.52. The largest absolute Gasteiger partial charge is 0.399 e. The Bertz CT molecular complexity index is 605. The summed E-state index contributed by atoms with van der Waals surface area (Å²) in [4.78, 5) is 12.0. The van der Waals surface area contributed by atoms with Crippen molar-refractivity contribution in [2.75, 3.05) is 11.1 Å². The number of carbonyl (C=O) groups excluding carboxylic acids is 1. The maximum absolute atomic E-state index is 12.0. The van der Waals surface area contributed by atoms with E-state index in [-0.39, 0.29) is 11.9 Å². The van der Waals surface area contributed by atoms with Crippen LogP contribution in [0, 0.1) is 0 Å². The number of nitrogens with two attached hydrogens (primary N) is 1. The summed E-state index contributed by atoms with van der Waals surface area (Å²) in [6.07, 6.45) is 0.924. The maximum Gasteiger partial charge on any atom is 0.251 e. The fourth-order valence-electron chi connectivity index (χ4n) is 1.99. The average molecular weight is 297 g/mol. The average Bonchev–Trinajstić information content (AvgIpc) is 2.54. The number of rotatable bonds is 6. The summed E-state index contributed by atoms with van der Waals surface area (Å²) in [6.45, 7) is 4.77. The van der Waals surface area contributed by atoms with Crippen molar-refractivity contribution >= 4 is 17.3 Å². The molecule has 1 unspecified atom stereocenters. The summed E-state index contributed by atoms with van der Waals surface area (Å²) in [5.74, 6) is -0.0283. The number of benzene rings is 2. The maximum atomic E-state index is 12.0. The second kappa shape index (κ2) is 7.50. The van der Waals surface area contributed by atoms with Gasteiger partial charge in [-0.25, -0.2) is 0 Å². The molecule has 0 fully saturated rings. The Hall–Kier alpha value is -2.49. The zero-order valence-corrected chi connectivity index (χ0v) is 13.1. The lowest BCUT2D eigenvalue weighted by molar-refractivity contribution is 0.0939. The summed E-state index contributed by atoms with van der Waals surface area (Å²) in [5.41, 5.74) is 9.25. The van der Waals surface area contributed by atoms with Crippen LogP contribution in [-0.2, 0) is 6.54 Å². The lowest BCUT2D eigenvalue weighted by Gasteiger charge is -2.12. The SMILES string of the molecule is CCC(C)NC(=O)c1ccc(NCc2ccc(N)cc2)cc1. The molecule has 0 aliphatic rings. The van der Waals surface area contributed by atoms with Gasteiger partial charge >= 0.3 is 0 Å². The molecule has 0 saturated carbocycles. The van der Waals surface area contributed by atoms with Gasteiger partial charge in [-0.15, -0.1) is 0 Å². The molecule has 0 radical (unpaired) electrons. The highest BCUT2D eigenvalue weighted by Gasteiger charge is 2.07. The molecule has 0 heterocycles. The highest BCUT2D eigenvalue weighted by atomic mass is 16.1. The number of carbonyl (C=O) groups is 1. The Morgan fingerprint density at radius 2 is 1.73 bits per heavy atom.